The van der Waals surface area contributed by atoms with Gasteiger partial charge >= 0.3 is 0 Å². The lowest BCUT2D eigenvalue weighted by atomic mass is 10.1. The summed E-state index contributed by atoms with van der Waals surface area (Å²) in [5.41, 5.74) is 1.33. The van der Waals surface area contributed by atoms with Gasteiger partial charge in [0.25, 0.3) is 5.69 Å². The summed E-state index contributed by atoms with van der Waals surface area (Å²) in [4.78, 5) is 10.3. The Morgan fingerprint density at radius 2 is 2.05 bits per heavy atom. The molecule has 2 rings (SSSR count). The second kappa shape index (κ2) is 6.21. The molecule has 0 amide bonds. The number of hydrogen-bond acceptors (Lipinski definition) is 4. The SMILES string of the molecule is COc1ccc(C(C)Nc2cccc([N+](=O)[O-])c2)cc1F. The van der Waals surface area contributed by atoms with Gasteiger partial charge in [-0.25, -0.2) is 4.39 Å². The number of nitro groups is 1. The van der Waals surface area contributed by atoms with Gasteiger partial charge in [0.2, 0.25) is 0 Å². The van der Waals surface area contributed by atoms with Crippen molar-refractivity contribution in [3.8, 4) is 5.75 Å². The fraction of sp³-hybridized carbons (Fsp3) is 0.200. The molecule has 2 aromatic carbocycles. The number of ether oxygens (including phenoxy) is 1. The van der Waals surface area contributed by atoms with Gasteiger partial charge in [-0.3, -0.25) is 10.1 Å². The molecule has 1 N–H and O–H groups in total. The Bertz CT molecular complexity index is 661. The van der Waals surface area contributed by atoms with Crippen LogP contribution in [0.5, 0.6) is 5.75 Å². The number of nitro benzene ring substituents is 1. The zero-order valence-electron chi connectivity index (χ0n) is 11.7. The van der Waals surface area contributed by atoms with Crippen LogP contribution >= 0.6 is 0 Å². The number of benzene rings is 2. The summed E-state index contributed by atoms with van der Waals surface area (Å²) in [6, 6.07) is 10.7. The third-order valence-electron chi connectivity index (χ3n) is 3.12. The first kappa shape index (κ1) is 14.8. The van der Waals surface area contributed by atoms with Crippen LogP contribution in [-0.2, 0) is 0 Å². The van der Waals surface area contributed by atoms with Crippen LogP contribution in [0.3, 0.4) is 0 Å². The number of hydrogen-bond donors (Lipinski definition) is 1. The van der Waals surface area contributed by atoms with Crippen LogP contribution in [0.15, 0.2) is 42.5 Å². The van der Waals surface area contributed by atoms with Crippen LogP contribution < -0.4 is 10.1 Å². The molecule has 0 saturated heterocycles. The van der Waals surface area contributed by atoms with Crippen LogP contribution in [0.25, 0.3) is 0 Å². The first-order chi connectivity index (χ1) is 10.0. The average molecular weight is 290 g/mol. The Balaban J connectivity index is 2.17. The summed E-state index contributed by atoms with van der Waals surface area (Å²) in [5.74, 6) is -0.260. The molecule has 110 valence electrons. The molecule has 0 radical (unpaired) electrons. The van der Waals surface area contributed by atoms with E-state index in [1.807, 2.05) is 6.92 Å². The van der Waals surface area contributed by atoms with Gasteiger partial charge in [-0.05, 0) is 30.7 Å². The molecule has 0 heterocycles. The van der Waals surface area contributed by atoms with Gasteiger partial charge in [-0.15, -0.1) is 0 Å². The van der Waals surface area contributed by atoms with Crippen LogP contribution in [0, 0.1) is 15.9 Å². The van der Waals surface area contributed by atoms with Gasteiger partial charge in [0.05, 0.1) is 12.0 Å². The van der Waals surface area contributed by atoms with Crippen molar-refractivity contribution in [3.63, 3.8) is 0 Å². The molecule has 1 unspecified atom stereocenters. The molecular weight excluding hydrogens is 275 g/mol. The molecule has 2 aromatic rings. The second-order valence-corrected chi connectivity index (χ2v) is 4.57. The van der Waals surface area contributed by atoms with Crippen LogP contribution in [-0.4, -0.2) is 12.0 Å². The summed E-state index contributed by atoms with van der Waals surface area (Å²) >= 11 is 0. The Kier molecular flexibility index (Phi) is 4.37. The van der Waals surface area contributed by atoms with Crippen LogP contribution in [0.4, 0.5) is 15.8 Å². The van der Waals surface area contributed by atoms with Crippen molar-refractivity contribution >= 4 is 11.4 Å². The highest BCUT2D eigenvalue weighted by molar-refractivity contribution is 5.52. The van der Waals surface area contributed by atoms with E-state index >= 15 is 0 Å². The number of nitrogens with one attached hydrogen (secondary N) is 1. The van der Waals surface area contributed by atoms with E-state index < -0.39 is 10.7 Å². The topological polar surface area (TPSA) is 64.4 Å². The van der Waals surface area contributed by atoms with Crippen molar-refractivity contribution in [2.75, 3.05) is 12.4 Å². The predicted molar refractivity (Wildman–Crippen MR) is 78.1 cm³/mol. The smallest absolute Gasteiger partial charge is 0.271 e. The minimum atomic E-state index is -0.455. The van der Waals surface area contributed by atoms with E-state index in [0.717, 1.165) is 5.56 Å². The van der Waals surface area contributed by atoms with Gasteiger partial charge in [0.15, 0.2) is 11.6 Å². The normalized spacial score (nSPS) is 11.8. The Morgan fingerprint density at radius 1 is 1.29 bits per heavy atom. The zero-order chi connectivity index (χ0) is 15.4. The summed E-state index contributed by atoms with van der Waals surface area (Å²) in [7, 11) is 1.41. The Morgan fingerprint density at radius 3 is 2.67 bits per heavy atom. The number of non-ortho nitro benzene ring substituents is 1. The van der Waals surface area contributed by atoms with E-state index in [2.05, 4.69) is 5.32 Å². The third kappa shape index (κ3) is 3.47. The predicted octanol–water partition coefficient (Wildman–Crippen LogP) is 3.92. The van der Waals surface area contributed by atoms with E-state index in [4.69, 9.17) is 4.74 Å². The molecule has 0 aliphatic rings. The number of nitrogens with zero attached hydrogens (tertiary/aromatic N) is 1. The standard InChI is InChI=1S/C15H15FN2O3/c1-10(11-6-7-15(21-2)14(16)8-11)17-12-4-3-5-13(9-12)18(19)20/h3-10,17H,1-2H3. The summed E-state index contributed by atoms with van der Waals surface area (Å²) in [5, 5.41) is 13.8. The van der Waals surface area contributed by atoms with E-state index in [1.165, 1.54) is 25.3 Å². The highest BCUT2D eigenvalue weighted by Crippen LogP contribution is 2.25. The lowest BCUT2D eigenvalue weighted by Crippen LogP contribution is -2.07. The van der Waals surface area contributed by atoms with Crippen molar-refractivity contribution < 1.29 is 14.1 Å². The molecule has 6 heteroatoms. The number of anilines is 1. The van der Waals surface area contributed by atoms with Crippen molar-refractivity contribution in [3.05, 3.63) is 64.0 Å². The molecule has 0 aliphatic carbocycles. The average Bonchev–Trinajstić information content (AvgIpc) is 2.47. The number of halogens is 1. The van der Waals surface area contributed by atoms with E-state index in [-0.39, 0.29) is 17.5 Å². The minimum Gasteiger partial charge on any atom is -0.494 e. The van der Waals surface area contributed by atoms with Crippen molar-refractivity contribution in [2.24, 2.45) is 0 Å². The maximum atomic E-state index is 13.7. The first-order valence-electron chi connectivity index (χ1n) is 6.35. The van der Waals surface area contributed by atoms with Gasteiger partial charge in [0.1, 0.15) is 0 Å². The van der Waals surface area contributed by atoms with Crippen molar-refractivity contribution in [2.45, 2.75) is 13.0 Å². The molecular formula is C15H15FN2O3. The molecule has 0 bridgehead atoms. The molecule has 21 heavy (non-hydrogen) atoms. The number of rotatable bonds is 5. The zero-order valence-corrected chi connectivity index (χ0v) is 11.7. The Hall–Kier alpha value is -2.63. The van der Waals surface area contributed by atoms with Crippen LogP contribution in [0.2, 0.25) is 0 Å². The molecule has 5 nitrogen and oxygen atoms in total. The quantitative estimate of drug-likeness (QED) is 0.669. The fourth-order valence-electron chi connectivity index (χ4n) is 1.99. The summed E-state index contributed by atoms with van der Waals surface area (Å²) in [6.07, 6.45) is 0. The maximum absolute atomic E-state index is 13.7. The largest absolute Gasteiger partial charge is 0.494 e. The highest BCUT2D eigenvalue weighted by Gasteiger charge is 2.11. The molecule has 0 saturated carbocycles. The Labute approximate surface area is 121 Å². The van der Waals surface area contributed by atoms with E-state index in [1.54, 1.807) is 24.3 Å². The lowest BCUT2D eigenvalue weighted by Gasteiger charge is -2.16. The van der Waals surface area contributed by atoms with Crippen molar-refractivity contribution in [1.82, 2.24) is 0 Å². The highest BCUT2D eigenvalue weighted by atomic mass is 19.1. The summed E-state index contributed by atoms with van der Waals surface area (Å²) in [6.45, 7) is 1.85. The monoisotopic (exact) mass is 290 g/mol. The fourth-order valence-corrected chi connectivity index (χ4v) is 1.99. The van der Waals surface area contributed by atoms with E-state index in [9.17, 15) is 14.5 Å². The van der Waals surface area contributed by atoms with E-state index in [0.29, 0.717) is 5.69 Å². The lowest BCUT2D eigenvalue weighted by molar-refractivity contribution is -0.384. The van der Waals surface area contributed by atoms with Crippen molar-refractivity contribution in [1.29, 1.82) is 0 Å². The van der Waals surface area contributed by atoms with Gasteiger partial charge in [-0.2, -0.15) is 0 Å². The molecule has 0 aliphatic heterocycles. The molecule has 0 spiro atoms. The molecule has 0 aromatic heterocycles. The maximum Gasteiger partial charge on any atom is 0.271 e. The van der Waals surface area contributed by atoms with Gasteiger partial charge in [-0.1, -0.05) is 12.1 Å². The molecule has 0 fully saturated rings. The van der Waals surface area contributed by atoms with Gasteiger partial charge in [0, 0.05) is 23.9 Å². The summed E-state index contributed by atoms with van der Waals surface area (Å²) < 4.78 is 18.5. The minimum absolute atomic E-state index is 0.00751. The number of methoxy groups -OCH3 is 1. The van der Waals surface area contributed by atoms with Crippen LogP contribution in [0.1, 0.15) is 18.5 Å². The first-order valence-corrected chi connectivity index (χ1v) is 6.35. The second-order valence-electron chi connectivity index (χ2n) is 4.57. The van der Waals surface area contributed by atoms with Gasteiger partial charge < -0.3 is 10.1 Å². The third-order valence-corrected chi connectivity index (χ3v) is 3.12. The molecule has 1 atom stereocenters.